The summed E-state index contributed by atoms with van der Waals surface area (Å²) in [6.07, 6.45) is 2.88. The highest BCUT2D eigenvalue weighted by atomic mass is 32.2. The van der Waals surface area contributed by atoms with Crippen LogP contribution < -0.4 is 0 Å². The molecule has 0 spiro atoms. The molecule has 0 N–H and O–H groups in total. The van der Waals surface area contributed by atoms with Gasteiger partial charge in [0.2, 0.25) is 0 Å². The minimum absolute atomic E-state index is 0.146. The lowest BCUT2D eigenvalue weighted by atomic mass is 10.1. The maximum Gasteiger partial charge on any atom is 0.256 e. The highest BCUT2D eigenvalue weighted by Gasteiger charge is 2.22. The van der Waals surface area contributed by atoms with E-state index >= 15 is 0 Å². The molecule has 1 unspecified atom stereocenters. The first kappa shape index (κ1) is 15.0. The van der Waals surface area contributed by atoms with Gasteiger partial charge in [-0.1, -0.05) is 19.1 Å². The lowest BCUT2D eigenvalue weighted by Gasteiger charge is -2.27. The first-order chi connectivity index (χ1) is 8.52. The summed E-state index contributed by atoms with van der Waals surface area (Å²) in [7, 11) is 1.74. The van der Waals surface area contributed by atoms with Crippen LogP contribution in [0.25, 0.3) is 0 Å². The second-order valence-electron chi connectivity index (χ2n) is 4.37. The fourth-order valence-corrected chi connectivity index (χ4v) is 2.71. The Kier molecular flexibility index (Phi) is 5.66. The van der Waals surface area contributed by atoms with Crippen LogP contribution in [0, 0.1) is 12.7 Å². The predicted octanol–water partition coefficient (Wildman–Crippen LogP) is 3.35. The monoisotopic (exact) mass is 269 g/mol. The Bertz CT molecular complexity index is 422. The SMILES string of the molecule is CCC(CSC)N(C)C(=O)c1cccc(C)c1F. The summed E-state index contributed by atoms with van der Waals surface area (Å²) in [5.41, 5.74) is 0.671. The van der Waals surface area contributed by atoms with E-state index in [0.29, 0.717) is 5.56 Å². The van der Waals surface area contributed by atoms with Crippen LogP contribution in [0.1, 0.15) is 29.3 Å². The third-order valence-corrected chi connectivity index (χ3v) is 3.84. The second-order valence-corrected chi connectivity index (χ2v) is 5.28. The molecule has 2 nitrogen and oxygen atoms in total. The third-order valence-electron chi connectivity index (χ3n) is 3.12. The van der Waals surface area contributed by atoms with Crippen LogP contribution in [-0.2, 0) is 0 Å². The van der Waals surface area contributed by atoms with E-state index in [0.717, 1.165) is 12.2 Å². The Balaban J connectivity index is 2.95. The van der Waals surface area contributed by atoms with E-state index in [1.807, 2.05) is 13.2 Å². The molecule has 0 aromatic heterocycles. The maximum atomic E-state index is 13.9. The number of thioether (sulfide) groups is 1. The molecule has 0 fully saturated rings. The van der Waals surface area contributed by atoms with Crippen LogP contribution in [0.15, 0.2) is 18.2 Å². The molecule has 1 rings (SSSR count). The fraction of sp³-hybridized carbons (Fsp3) is 0.500. The molecule has 1 amide bonds. The van der Waals surface area contributed by atoms with Gasteiger partial charge in [0.15, 0.2) is 0 Å². The average Bonchev–Trinajstić information content (AvgIpc) is 2.37. The van der Waals surface area contributed by atoms with Gasteiger partial charge in [-0.25, -0.2) is 4.39 Å². The number of benzene rings is 1. The van der Waals surface area contributed by atoms with Crippen molar-refractivity contribution >= 4 is 17.7 Å². The van der Waals surface area contributed by atoms with E-state index in [1.165, 1.54) is 0 Å². The number of amides is 1. The minimum Gasteiger partial charge on any atom is -0.338 e. The summed E-state index contributed by atoms with van der Waals surface area (Å²) in [4.78, 5) is 13.9. The molecule has 0 saturated carbocycles. The van der Waals surface area contributed by atoms with Crippen LogP contribution in [0.2, 0.25) is 0 Å². The largest absolute Gasteiger partial charge is 0.338 e. The Morgan fingerprint density at radius 1 is 1.50 bits per heavy atom. The molecular formula is C14H20FNOS. The highest BCUT2D eigenvalue weighted by molar-refractivity contribution is 7.98. The van der Waals surface area contributed by atoms with Crippen molar-refractivity contribution in [3.05, 3.63) is 35.1 Å². The standard InChI is InChI=1S/C14H20FNOS/c1-5-11(9-18-4)16(3)14(17)12-8-6-7-10(2)13(12)15/h6-8,11H,5,9H2,1-4H3. The molecular weight excluding hydrogens is 249 g/mol. The van der Waals surface area contributed by atoms with Crippen molar-refractivity contribution in [2.45, 2.75) is 26.3 Å². The number of hydrogen-bond acceptors (Lipinski definition) is 2. The van der Waals surface area contributed by atoms with E-state index in [-0.39, 0.29) is 17.5 Å². The first-order valence-electron chi connectivity index (χ1n) is 6.04. The van der Waals surface area contributed by atoms with Crippen LogP contribution in [0.4, 0.5) is 4.39 Å². The van der Waals surface area contributed by atoms with E-state index in [4.69, 9.17) is 0 Å². The van der Waals surface area contributed by atoms with Gasteiger partial charge in [-0.3, -0.25) is 4.79 Å². The van der Waals surface area contributed by atoms with Crippen molar-refractivity contribution in [3.63, 3.8) is 0 Å². The van der Waals surface area contributed by atoms with E-state index in [1.54, 1.807) is 48.8 Å². The summed E-state index contributed by atoms with van der Waals surface area (Å²) >= 11 is 1.69. The summed E-state index contributed by atoms with van der Waals surface area (Å²) in [6, 6.07) is 5.08. The average molecular weight is 269 g/mol. The van der Waals surface area contributed by atoms with Gasteiger partial charge in [0, 0.05) is 18.8 Å². The maximum absolute atomic E-state index is 13.9. The van der Waals surface area contributed by atoms with E-state index in [2.05, 4.69) is 0 Å². The number of carbonyl (C=O) groups excluding carboxylic acids is 1. The molecule has 1 atom stereocenters. The number of nitrogens with zero attached hydrogens (tertiary/aromatic N) is 1. The van der Waals surface area contributed by atoms with E-state index < -0.39 is 5.82 Å². The lowest BCUT2D eigenvalue weighted by Crippen LogP contribution is -2.38. The minimum atomic E-state index is -0.409. The van der Waals surface area contributed by atoms with Gasteiger partial charge >= 0.3 is 0 Å². The molecule has 0 aliphatic heterocycles. The number of hydrogen-bond donors (Lipinski definition) is 0. The van der Waals surface area contributed by atoms with Crippen molar-refractivity contribution in [2.24, 2.45) is 0 Å². The third kappa shape index (κ3) is 3.25. The Morgan fingerprint density at radius 3 is 2.72 bits per heavy atom. The zero-order valence-corrected chi connectivity index (χ0v) is 12.2. The van der Waals surface area contributed by atoms with Crippen LogP contribution in [-0.4, -0.2) is 35.9 Å². The number of rotatable bonds is 5. The highest BCUT2D eigenvalue weighted by Crippen LogP contribution is 2.17. The number of aryl methyl sites for hydroxylation is 1. The van der Waals surface area contributed by atoms with Gasteiger partial charge in [0.05, 0.1) is 5.56 Å². The van der Waals surface area contributed by atoms with Crippen LogP contribution in [0.3, 0.4) is 0 Å². The van der Waals surface area contributed by atoms with Gasteiger partial charge in [-0.05, 0) is 31.2 Å². The summed E-state index contributed by atoms with van der Waals surface area (Å²) in [5.74, 6) is 0.220. The molecule has 0 aliphatic rings. The van der Waals surface area contributed by atoms with Crippen molar-refractivity contribution in [1.29, 1.82) is 0 Å². The first-order valence-corrected chi connectivity index (χ1v) is 7.43. The van der Waals surface area contributed by atoms with Crippen LogP contribution >= 0.6 is 11.8 Å². The smallest absolute Gasteiger partial charge is 0.256 e. The lowest BCUT2D eigenvalue weighted by molar-refractivity contribution is 0.0738. The Labute approximate surface area is 113 Å². The van der Waals surface area contributed by atoms with Gasteiger partial charge < -0.3 is 4.90 Å². The van der Waals surface area contributed by atoms with Crippen molar-refractivity contribution in [1.82, 2.24) is 4.90 Å². The molecule has 0 radical (unpaired) electrons. The molecule has 1 aromatic carbocycles. The molecule has 100 valence electrons. The Morgan fingerprint density at radius 2 is 2.17 bits per heavy atom. The zero-order chi connectivity index (χ0) is 13.7. The van der Waals surface area contributed by atoms with Gasteiger partial charge in [0.1, 0.15) is 5.82 Å². The summed E-state index contributed by atoms with van der Waals surface area (Å²) < 4.78 is 13.9. The number of carbonyl (C=O) groups is 1. The molecule has 0 aliphatic carbocycles. The van der Waals surface area contributed by atoms with Gasteiger partial charge in [-0.15, -0.1) is 0 Å². The topological polar surface area (TPSA) is 20.3 Å². The van der Waals surface area contributed by atoms with E-state index in [9.17, 15) is 9.18 Å². The molecule has 0 bridgehead atoms. The van der Waals surface area contributed by atoms with Gasteiger partial charge in [0.25, 0.3) is 5.91 Å². The van der Waals surface area contributed by atoms with Crippen molar-refractivity contribution < 1.29 is 9.18 Å². The summed E-state index contributed by atoms with van der Waals surface area (Å²) in [5, 5.41) is 0. The molecule has 18 heavy (non-hydrogen) atoms. The van der Waals surface area contributed by atoms with Crippen molar-refractivity contribution in [2.75, 3.05) is 19.1 Å². The summed E-state index contributed by atoms with van der Waals surface area (Å²) in [6.45, 7) is 3.71. The number of halogens is 1. The molecule has 0 saturated heterocycles. The van der Waals surface area contributed by atoms with Crippen LogP contribution in [0.5, 0.6) is 0 Å². The van der Waals surface area contributed by atoms with Crippen molar-refractivity contribution in [3.8, 4) is 0 Å². The normalized spacial score (nSPS) is 12.3. The second kappa shape index (κ2) is 6.78. The fourth-order valence-electron chi connectivity index (χ4n) is 1.86. The molecule has 1 aromatic rings. The molecule has 4 heteroatoms. The Hall–Kier alpha value is -1.03. The molecule has 0 heterocycles. The quantitative estimate of drug-likeness (QED) is 0.817. The zero-order valence-electron chi connectivity index (χ0n) is 11.4. The van der Waals surface area contributed by atoms with Gasteiger partial charge in [-0.2, -0.15) is 11.8 Å². The predicted molar refractivity (Wildman–Crippen MR) is 75.7 cm³/mol.